The summed E-state index contributed by atoms with van der Waals surface area (Å²) in [5, 5.41) is 0.781. The fourth-order valence-electron chi connectivity index (χ4n) is 2.20. The van der Waals surface area contributed by atoms with Gasteiger partial charge in [-0.2, -0.15) is 0 Å². The molecule has 21 heavy (non-hydrogen) atoms. The van der Waals surface area contributed by atoms with E-state index in [0.717, 1.165) is 34.8 Å². The van der Waals surface area contributed by atoms with E-state index >= 15 is 0 Å². The number of hydrogen-bond acceptors (Lipinski definition) is 2. The van der Waals surface area contributed by atoms with Gasteiger partial charge < -0.3 is 0 Å². The highest BCUT2D eigenvalue weighted by atomic mass is 19.1. The SMILES string of the molecule is Cc1ccc2cc(C(=O)c3cc(F)ccc3F)ccc2n1. The molecule has 0 spiro atoms. The van der Waals surface area contributed by atoms with Crippen molar-refractivity contribution in [3.63, 3.8) is 0 Å². The minimum Gasteiger partial charge on any atom is -0.288 e. The number of benzene rings is 2. The molecule has 0 unspecified atom stereocenters. The summed E-state index contributed by atoms with van der Waals surface area (Å²) in [6.07, 6.45) is 0. The van der Waals surface area contributed by atoms with Gasteiger partial charge in [0.15, 0.2) is 5.78 Å². The Hall–Kier alpha value is -2.62. The van der Waals surface area contributed by atoms with Crippen LogP contribution in [0.1, 0.15) is 21.6 Å². The van der Waals surface area contributed by atoms with E-state index in [1.807, 2.05) is 19.1 Å². The van der Waals surface area contributed by atoms with Crippen LogP contribution in [0.5, 0.6) is 0 Å². The number of aromatic nitrogens is 1. The van der Waals surface area contributed by atoms with Crippen LogP contribution in [-0.4, -0.2) is 10.8 Å². The summed E-state index contributed by atoms with van der Waals surface area (Å²) in [7, 11) is 0. The first kappa shape index (κ1) is 13.4. The van der Waals surface area contributed by atoms with Crippen LogP contribution in [-0.2, 0) is 0 Å². The molecule has 0 saturated carbocycles. The van der Waals surface area contributed by atoms with Crippen molar-refractivity contribution in [1.29, 1.82) is 0 Å². The summed E-state index contributed by atoms with van der Waals surface area (Å²) < 4.78 is 26.9. The average molecular weight is 283 g/mol. The van der Waals surface area contributed by atoms with Gasteiger partial charge in [-0.15, -0.1) is 0 Å². The molecule has 0 aliphatic rings. The second kappa shape index (κ2) is 5.05. The molecule has 1 heterocycles. The molecule has 0 aliphatic carbocycles. The Kier molecular flexibility index (Phi) is 3.22. The fourth-order valence-corrected chi connectivity index (χ4v) is 2.20. The third kappa shape index (κ3) is 2.52. The molecule has 104 valence electrons. The molecular weight excluding hydrogens is 272 g/mol. The maximum absolute atomic E-state index is 13.7. The molecule has 0 N–H and O–H groups in total. The van der Waals surface area contributed by atoms with Crippen molar-refractivity contribution in [2.75, 3.05) is 0 Å². The smallest absolute Gasteiger partial charge is 0.196 e. The molecular formula is C17H11F2NO. The Labute approximate surface area is 120 Å². The second-order valence-corrected chi connectivity index (χ2v) is 4.81. The van der Waals surface area contributed by atoms with Crippen molar-refractivity contribution in [2.45, 2.75) is 6.92 Å². The summed E-state index contributed by atoms with van der Waals surface area (Å²) in [5.74, 6) is -1.92. The molecule has 2 aromatic carbocycles. The number of aryl methyl sites for hydroxylation is 1. The van der Waals surface area contributed by atoms with Gasteiger partial charge in [0, 0.05) is 16.6 Å². The average Bonchev–Trinajstić information content (AvgIpc) is 2.48. The number of rotatable bonds is 2. The second-order valence-electron chi connectivity index (χ2n) is 4.81. The minimum absolute atomic E-state index is 0.269. The normalized spacial score (nSPS) is 10.8. The van der Waals surface area contributed by atoms with E-state index in [0.29, 0.717) is 5.56 Å². The molecule has 0 amide bonds. The molecule has 0 bridgehead atoms. The lowest BCUT2D eigenvalue weighted by molar-refractivity contribution is 0.103. The molecule has 4 heteroatoms. The van der Waals surface area contributed by atoms with E-state index in [9.17, 15) is 13.6 Å². The van der Waals surface area contributed by atoms with Gasteiger partial charge in [0.2, 0.25) is 0 Å². The summed E-state index contributed by atoms with van der Waals surface area (Å²) in [6.45, 7) is 1.88. The van der Waals surface area contributed by atoms with E-state index in [4.69, 9.17) is 0 Å². The molecule has 0 fully saturated rings. The van der Waals surface area contributed by atoms with Crippen molar-refractivity contribution in [3.8, 4) is 0 Å². The largest absolute Gasteiger partial charge is 0.288 e. The number of hydrogen-bond donors (Lipinski definition) is 0. The highest BCUT2D eigenvalue weighted by molar-refractivity contribution is 6.10. The van der Waals surface area contributed by atoms with Crippen LogP contribution in [0.15, 0.2) is 48.5 Å². The van der Waals surface area contributed by atoms with Crippen molar-refractivity contribution in [1.82, 2.24) is 4.98 Å². The maximum Gasteiger partial charge on any atom is 0.196 e. The van der Waals surface area contributed by atoms with Crippen LogP contribution in [0.25, 0.3) is 10.9 Å². The maximum atomic E-state index is 13.7. The molecule has 0 radical (unpaired) electrons. The number of pyridine rings is 1. The lowest BCUT2D eigenvalue weighted by Crippen LogP contribution is -2.05. The molecule has 0 aliphatic heterocycles. The summed E-state index contributed by atoms with van der Waals surface area (Å²) in [4.78, 5) is 16.6. The number of nitrogens with zero attached hydrogens (tertiary/aromatic N) is 1. The predicted octanol–water partition coefficient (Wildman–Crippen LogP) is 4.05. The highest BCUT2D eigenvalue weighted by Gasteiger charge is 2.15. The van der Waals surface area contributed by atoms with Gasteiger partial charge in [-0.25, -0.2) is 8.78 Å². The Morgan fingerprint density at radius 3 is 2.62 bits per heavy atom. The van der Waals surface area contributed by atoms with Gasteiger partial charge in [-0.1, -0.05) is 6.07 Å². The molecule has 0 atom stereocenters. The lowest BCUT2D eigenvalue weighted by Gasteiger charge is -2.05. The predicted molar refractivity (Wildman–Crippen MR) is 76.3 cm³/mol. The third-order valence-corrected chi connectivity index (χ3v) is 3.26. The molecule has 0 saturated heterocycles. The van der Waals surface area contributed by atoms with Crippen LogP contribution in [0.2, 0.25) is 0 Å². The first-order valence-corrected chi connectivity index (χ1v) is 6.42. The fraction of sp³-hybridized carbons (Fsp3) is 0.0588. The Morgan fingerprint density at radius 1 is 1.00 bits per heavy atom. The Morgan fingerprint density at radius 2 is 1.81 bits per heavy atom. The van der Waals surface area contributed by atoms with Crippen LogP contribution in [0, 0.1) is 18.6 Å². The summed E-state index contributed by atoms with van der Waals surface area (Å²) in [5.41, 5.74) is 1.66. The zero-order valence-electron chi connectivity index (χ0n) is 11.2. The molecule has 2 nitrogen and oxygen atoms in total. The van der Waals surface area contributed by atoms with Gasteiger partial charge in [0.25, 0.3) is 0 Å². The standard InChI is InChI=1S/C17H11F2NO/c1-10-2-3-11-8-12(4-7-16(11)20-10)17(21)14-9-13(18)5-6-15(14)19/h2-9H,1H3. The number of carbonyl (C=O) groups excluding carboxylic acids is 1. The monoisotopic (exact) mass is 283 g/mol. The van der Waals surface area contributed by atoms with E-state index in [2.05, 4.69) is 4.98 Å². The first-order chi connectivity index (χ1) is 10.0. The van der Waals surface area contributed by atoms with Crippen LogP contribution < -0.4 is 0 Å². The van der Waals surface area contributed by atoms with Crippen molar-refractivity contribution >= 4 is 16.7 Å². The van der Waals surface area contributed by atoms with Crippen molar-refractivity contribution < 1.29 is 13.6 Å². The first-order valence-electron chi connectivity index (χ1n) is 6.42. The zero-order chi connectivity index (χ0) is 15.0. The number of carbonyl (C=O) groups is 1. The molecule has 1 aromatic heterocycles. The number of ketones is 1. The quantitative estimate of drug-likeness (QED) is 0.664. The van der Waals surface area contributed by atoms with E-state index in [-0.39, 0.29) is 5.56 Å². The zero-order valence-corrected chi connectivity index (χ0v) is 11.2. The van der Waals surface area contributed by atoms with Gasteiger partial charge in [-0.05, 0) is 49.4 Å². The lowest BCUT2D eigenvalue weighted by atomic mass is 10.0. The van der Waals surface area contributed by atoms with E-state index in [1.165, 1.54) is 0 Å². The van der Waals surface area contributed by atoms with Gasteiger partial charge in [0.05, 0.1) is 11.1 Å². The van der Waals surface area contributed by atoms with Crippen LogP contribution >= 0.6 is 0 Å². The van der Waals surface area contributed by atoms with Gasteiger partial charge >= 0.3 is 0 Å². The third-order valence-electron chi connectivity index (χ3n) is 3.26. The molecule has 3 aromatic rings. The topological polar surface area (TPSA) is 30.0 Å². The minimum atomic E-state index is -0.733. The number of fused-ring (bicyclic) bond motifs is 1. The number of halogens is 2. The van der Waals surface area contributed by atoms with Gasteiger partial charge in [0.1, 0.15) is 11.6 Å². The van der Waals surface area contributed by atoms with E-state index in [1.54, 1.807) is 18.2 Å². The Balaban J connectivity index is 2.09. The summed E-state index contributed by atoms with van der Waals surface area (Å²) >= 11 is 0. The van der Waals surface area contributed by atoms with Crippen molar-refractivity contribution in [3.05, 3.63) is 77.0 Å². The Bertz CT molecular complexity index is 859. The van der Waals surface area contributed by atoms with Crippen LogP contribution in [0.3, 0.4) is 0 Å². The molecule has 3 rings (SSSR count). The van der Waals surface area contributed by atoms with Crippen LogP contribution in [0.4, 0.5) is 8.78 Å². The van der Waals surface area contributed by atoms with E-state index < -0.39 is 17.4 Å². The summed E-state index contributed by atoms with van der Waals surface area (Å²) in [6, 6.07) is 11.4. The van der Waals surface area contributed by atoms with Gasteiger partial charge in [-0.3, -0.25) is 9.78 Å². The van der Waals surface area contributed by atoms with Crippen molar-refractivity contribution in [2.24, 2.45) is 0 Å². The highest BCUT2D eigenvalue weighted by Crippen LogP contribution is 2.19.